The highest BCUT2D eigenvalue weighted by atomic mass is 32.2. The van der Waals surface area contributed by atoms with Gasteiger partial charge in [0.1, 0.15) is 21.8 Å². The predicted molar refractivity (Wildman–Crippen MR) is 116 cm³/mol. The molecule has 4 heteroatoms. The van der Waals surface area contributed by atoms with E-state index < -0.39 is 11.4 Å². The number of rotatable bonds is 2. The van der Waals surface area contributed by atoms with Crippen LogP contribution in [0.15, 0.2) is 22.6 Å². The van der Waals surface area contributed by atoms with Crippen LogP contribution in [0, 0.1) is 23.2 Å². The molecule has 0 radical (unpaired) electrons. The maximum absolute atomic E-state index is 13.0. The van der Waals surface area contributed by atoms with E-state index in [-0.39, 0.29) is 10.2 Å². The number of methoxy groups -OCH3 is 1. The summed E-state index contributed by atoms with van der Waals surface area (Å²) in [5.41, 5.74) is 4.62. The SMILES string of the molecule is COC1CCC2(CC1)Cc1ccc(C#CC3CC3)cc1/C2=N\[S+]([O-])C(C)(C)C. The van der Waals surface area contributed by atoms with E-state index in [0.717, 1.165) is 43.4 Å². The van der Waals surface area contributed by atoms with Gasteiger partial charge in [-0.15, -0.1) is 0 Å². The summed E-state index contributed by atoms with van der Waals surface area (Å²) in [5.74, 6) is 7.30. The number of ether oxygens (including phenoxy) is 1. The van der Waals surface area contributed by atoms with E-state index in [1.807, 2.05) is 20.8 Å². The largest absolute Gasteiger partial charge is 0.591 e. The van der Waals surface area contributed by atoms with Gasteiger partial charge in [-0.1, -0.05) is 22.3 Å². The minimum absolute atomic E-state index is 0.000811. The average molecular weight is 398 g/mol. The Morgan fingerprint density at radius 3 is 2.50 bits per heavy atom. The summed E-state index contributed by atoms with van der Waals surface area (Å²) in [4.78, 5) is 0. The fourth-order valence-corrected chi connectivity index (χ4v) is 5.07. The first-order chi connectivity index (χ1) is 13.3. The first-order valence-corrected chi connectivity index (χ1v) is 11.6. The van der Waals surface area contributed by atoms with Crippen molar-refractivity contribution in [1.82, 2.24) is 0 Å². The van der Waals surface area contributed by atoms with Crippen molar-refractivity contribution in [2.45, 2.75) is 76.6 Å². The second-order valence-corrected chi connectivity index (χ2v) is 11.5. The Hall–Kier alpha value is -1.28. The molecule has 0 bridgehead atoms. The average Bonchev–Trinajstić information content (AvgIpc) is 3.45. The maximum atomic E-state index is 13.0. The molecule has 1 aromatic carbocycles. The molecule has 2 fully saturated rings. The van der Waals surface area contributed by atoms with Crippen LogP contribution < -0.4 is 0 Å². The standard InChI is InChI=1S/C24H31NO2S/c1-23(2,3)28(26)25-22-21-15-18(8-7-17-5-6-17)9-10-19(21)16-24(22)13-11-20(27-4)12-14-24/h9-10,15,17,20H,5-6,11-14,16H2,1-4H3/b25-22+. The summed E-state index contributed by atoms with van der Waals surface area (Å²) in [5, 5.41) is 0. The fraction of sp³-hybridized carbons (Fsp3) is 0.625. The molecule has 0 saturated heterocycles. The van der Waals surface area contributed by atoms with Crippen LogP contribution >= 0.6 is 0 Å². The van der Waals surface area contributed by atoms with E-state index in [2.05, 4.69) is 30.0 Å². The Kier molecular flexibility index (Phi) is 5.37. The minimum atomic E-state index is -1.26. The molecule has 3 aliphatic rings. The van der Waals surface area contributed by atoms with Crippen molar-refractivity contribution in [3.63, 3.8) is 0 Å². The molecular formula is C24H31NO2S. The second kappa shape index (κ2) is 7.52. The lowest BCUT2D eigenvalue weighted by Crippen LogP contribution is -2.37. The van der Waals surface area contributed by atoms with Crippen molar-refractivity contribution in [3.8, 4) is 11.8 Å². The van der Waals surface area contributed by atoms with E-state index in [4.69, 9.17) is 9.13 Å². The smallest absolute Gasteiger partial charge is 0.144 e. The fourth-order valence-electron chi connectivity index (χ4n) is 4.33. The van der Waals surface area contributed by atoms with Gasteiger partial charge < -0.3 is 9.29 Å². The number of fused-ring (bicyclic) bond motifs is 1. The topological polar surface area (TPSA) is 44.6 Å². The van der Waals surface area contributed by atoms with Gasteiger partial charge in [-0.3, -0.25) is 0 Å². The van der Waals surface area contributed by atoms with Crippen LogP contribution in [-0.2, 0) is 22.5 Å². The van der Waals surface area contributed by atoms with Crippen molar-refractivity contribution in [1.29, 1.82) is 0 Å². The third-order valence-electron chi connectivity index (χ3n) is 6.32. The first-order valence-electron chi connectivity index (χ1n) is 10.5. The molecule has 1 spiro atoms. The lowest BCUT2D eigenvalue weighted by atomic mass is 9.70. The van der Waals surface area contributed by atoms with E-state index in [1.54, 1.807) is 7.11 Å². The number of hydrogen-bond donors (Lipinski definition) is 0. The summed E-state index contributed by atoms with van der Waals surface area (Å²) in [6.07, 6.45) is 7.98. The normalized spacial score (nSPS) is 29.5. The monoisotopic (exact) mass is 397 g/mol. The van der Waals surface area contributed by atoms with Gasteiger partial charge in [-0.2, -0.15) is 0 Å². The van der Waals surface area contributed by atoms with Gasteiger partial charge in [-0.25, -0.2) is 0 Å². The Morgan fingerprint density at radius 2 is 1.89 bits per heavy atom. The number of benzene rings is 1. The van der Waals surface area contributed by atoms with E-state index in [9.17, 15) is 4.55 Å². The molecule has 0 amide bonds. The molecule has 0 aromatic heterocycles. The minimum Gasteiger partial charge on any atom is -0.591 e. The lowest BCUT2D eigenvalue weighted by Gasteiger charge is -2.37. The Labute approximate surface area is 172 Å². The summed E-state index contributed by atoms with van der Waals surface area (Å²) in [6.45, 7) is 5.99. The highest BCUT2D eigenvalue weighted by molar-refractivity contribution is 7.91. The van der Waals surface area contributed by atoms with Crippen LogP contribution in [0.4, 0.5) is 0 Å². The van der Waals surface area contributed by atoms with Crippen LogP contribution in [-0.4, -0.2) is 28.2 Å². The van der Waals surface area contributed by atoms with Gasteiger partial charge in [0, 0.05) is 29.6 Å². The third-order valence-corrected chi connectivity index (χ3v) is 7.71. The van der Waals surface area contributed by atoms with Gasteiger partial charge in [-0.05, 0) is 83.4 Å². The van der Waals surface area contributed by atoms with Crippen LogP contribution in [0.2, 0.25) is 0 Å². The maximum Gasteiger partial charge on any atom is 0.144 e. The highest BCUT2D eigenvalue weighted by Gasteiger charge is 2.47. The molecule has 2 saturated carbocycles. The Bertz CT molecular complexity index is 830. The van der Waals surface area contributed by atoms with Crippen LogP contribution in [0.1, 0.15) is 76.0 Å². The lowest BCUT2D eigenvalue weighted by molar-refractivity contribution is 0.0468. The summed E-state index contributed by atoms with van der Waals surface area (Å²) in [7, 11) is 1.81. The molecule has 1 atom stereocenters. The van der Waals surface area contributed by atoms with Gasteiger partial charge in [0.15, 0.2) is 0 Å². The van der Waals surface area contributed by atoms with E-state index in [0.29, 0.717) is 12.0 Å². The third kappa shape index (κ3) is 4.03. The molecule has 28 heavy (non-hydrogen) atoms. The van der Waals surface area contributed by atoms with Gasteiger partial charge in [0.05, 0.1) is 6.10 Å². The van der Waals surface area contributed by atoms with Gasteiger partial charge in [0.2, 0.25) is 0 Å². The second-order valence-electron chi connectivity index (χ2n) is 9.61. The van der Waals surface area contributed by atoms with Gasteiger partial charge in [0.25, 0.3) is 0 Å². The predicted octanol–water partition coefficient (Wildman–Crippen LogP) is 4.83. The Balaban J connectivity index is 1.72. The van der Waals surface area contributed by atoms with E-state index >= 15 is 0 Å². The molecule has 4 rings (SSSR count). The van der Waals surface area contributed by atoms with Gasteiger partial charge >= 0.3 is 0 Å². The molecule has 1 aromatic rings. The van der Waals surface area contributed by atoms with Crippen molar-refractivity contribution in [2.75, 3.05) is 7.11 Å². The molecule has 0 N–H and O–H groups in total. The zero-order valence-electron chi connectivity index (χ0n) is 17.5. The molecule has 0 aliphatic heterocycles. The zero-order chi connectivity index (χ0) is 19.9. The van der Waals surface area contributed by atoms with E-state index in [1.165, 1.54) is 24.0 Å². The van der Waals surface area contributed by atoms with Crippen molar-refractivity contribution in [2.24, 2.45) is 15.7 Å². The molecule has 0 heterocycles. The van der Waals surface area contributed by atoms with Crippen LogP contribution in [0.3, 0.4) is 0 Å². The molecule has 3 nitrogen and oxygen atoms in total. The van der Waals surface area contributed by atoms with Crippen LogP contribution in [0.25, 0.3) is 0 Å². The zero-order valence-corrected chi connectivity index (χ0v) is 18.3. The summed E-state index contributed by atoms with van der Waals surface area (Å²) >= 11 is -1.26. The number of nitrogens with zero attached hydrogens (tertiary/aromatic N) is 1. The van der Waals surface area contributed by atoms with Crippen molar-refractivity contribution >= 4 is 17.1 Å². The van der Waals surface area contributed by atoms with Crippen LogP contribution in [0.5, 0.6) is 0 Å². The Morgan fingerprint density at radius 1 is 1.18 bits per heavy atom. The molecule has 3 aliphatic carbocycles. The van der Waals surface area contributed by atoms with Crippen molar-refractivity contribution in [3.05, 3.63) is 34.9 Å². The quantitative estimate of drug-likeness (QED) is 0.530. The number of hydrogen-bond acceptors (Lipinski definition) is 3. The molecular weight excluding hydrogens is 366 g/mol. The first kappa shape index (κ1) is 20.0. The molecule has 1 unspecified atom stereocenters. The van der Waals surface area contributed by atoms with Crippen molar-refractivity contribution < 1.29 is 9.29 Å². The highest BCUT2D eigenvalue weighted by Crippen LogP contribution is 2.49. The summed E-state index contributed by atoms with van der Waals surface area (Å²) < 4.78 is 23.1. The molecule has 150 valence electrons. The summed E-state index contributed by atoms with van der Waals surface area (Å²) in [6, 6.07) is 6.56.